The predicted molar refractivity (Wildman–Crippen MR) is 109 cm³/mol. The molecule has 1 aliphatic heterocycles. The molecule has 0 aliphatic carbocycles. The fraction of sp³-hybridized carbons (Fsp3) is 0.381. The summed E-state index contributed by atoms with van der Waals surface area (Å²) in [6.07, 6.45) is 4.29. The number of likely N-dealkylation sites (tertiary alicyclic amines) is 1. The number of aromatic nitrogens is 1. The number of hydrogen-bond acceptors (Lipinski definition) is 3. The van der Waals surface area contributed by atoms with Crippen molar-refractivity contribution in [2.75, 3.05) is 18.4 Å². The minimum Gasteiger partial charge on any atom is -0.343 e. The zero-order valence-corrected chi connectivity index (χ0v) is 17.0. The van der Waals surface area contributed by atoms with Crippen LogP contribution in [0.5, 0.6) is 0 Å². The van der Waals surface area contributed by atoms with Crippen LogP contribution in [0.15, 0.2) is 47.1 Å². The van der Waals surface area contributed by atoms with Gasteiger partial charge in [0.15, 0.2) is 0 Å². The Hall–Kier alpha value is -2.21. The fourth-order valence-corrected chi connectivity index (χ4v) is 3.81. The average molecular weight is 430 g/mol. The Balaban J connectivity index is 1.46. The first kappa shape index (κ1) is 19.5. The van der Waals surface area contributed by atoms with Crippen molar-refractivity contribution in [3.8, 4) is 0 Å². The summed E-state index contributed by atoms with van der Waals surface area (Å²) in [5.41, 5.74) is 2.21. The molecule has 1 aliphatic rings. The summed E-state index contributed by atoms with van der Waals surface area (Å²) in [6.45, 7) is 3.23. The number of hydrogen-bond donors (Lipinski definition) is 1. The van der Waals surface area contributed by atoms with E-state index in [-0.39, 0.29) is 17.7 Å². The molecule has 142 valence electrons. The minimum absolute atomic E-state index is 0.00610. The van der Waals surface area contributed by atoms with Gasteiger partial charge < -0.3 is 10.2 Å². The van der Waals surface area contributed by atoms with Gasteiger partial charge in [-0.15, -0.1) is 0 Å². The smallest absolute Gasteiger partial charge is 0.228 e. The molecule has 1 aromatic heterocycles. The van der Waals surface area contributed by atoms with Crippen LogP contribution in [0.25, 0.3) is 0 Å². The fourth-order valence-electron chi connectivity index (χ4n) is 3.32. The molecule has 2 amide bonds. The van der Waals surface area contributed by atoms with Crippen molar-refractivity contribution in [2.45, 2.75) is 32.6 Å². The van der Waals surface area contributed by atoms with Crippen molar-refractivity contribution < 1.29 is 9.59 Å². The van der Waals surface area contributed by atoms with Crippen LogP contribution in [0.3, 0.4) is 0 Å². The third-order valence-electron chi connectivity index (χ3n) is 4.95. The zero-order valence-electron chi connectivity index (χ0n) is 15.5. The van der Waals surface area contributed by atoms with Crippen LogP contribution >= 0.6 is 15.9 Å². The first-order chi connectivity index (χ1) is 13.0. The highest BCUT2D eigenvalue weighted by Gasteiger charge is 2.27. The molecule has 3 rings (SSSR count). The molecular formula is C21H24BrN3O2. The molecule has 27 heavy (non-hydrogen) atoms. The quantitative estimate of drug-likeness (QED) is 0.781. The van der Waals surface area contributed by atoms with Crippen LogP contribution in [-0.2, 0) is 16.0 Å². The summed E-state index contributed by atoms with van der Waals surface area (Å²) in [7, 11) is 0. The number of aryl methyl sites for hydroxylation is 2. The van der Waals surface area contributed by atoms with Gasteiger partial charge >= 0.3 is 0 Å². The molecule has 1 aromatic carbocycles. The number of piperidine rings is 1. The summed E-state index contributed by atoms with van der Waals surface area (Å²) in [4.78, 5) is 31.0. The summed E-state index contributed by atoms with van der Waals surface area (Å²) < 4.78 is 1.04. The molecule has 2 heterocycles. The highest BCUT2D eigenvalue weighted by Crippen LogP contribution is 2.21. The number of halogens is 1. The van der Waals surface area contributed by atoms with E-state index in [2.05, 4.69) is 26.2 Å². The maximum Gasteiger partial charge on any atom is 0.228 e. The standard InChI is InChI=1S/C21H24BrN3O2/c1-15-8-11-23-19(14-15)24-21(27)17-9-12-25(13-10-17)20(26)7-6-16-4-2-3-5-18(16)22/h2-5,8,11,14,17H,6-7,9-10,12-13H2,1H3,(H,23,24,27). The van der Waals surface area contributed by atoms with E-state index in [4.69, 9.17) is 0 Å². The summed E-state index contributed by atoms with van der Waals surface area (Å²) >= 11 is 3.52. The van der Waals surface area contributed by atoms with Gasteiger partial charge in [0.2, 0.25) is 11.8 Å². The maximum atomic E-state index is 12.5. The van der Waals surface area contributed by atoms with Crippen LogP contribution in [0.4, 0.5) is 5.82 Å². The number of nitrogens with one attached hydrogen (secondary N) is 1. The van der Waals surface area contributed by atoms with E-state index in [1.807, 2.05) is 48.2 Å². The van der Waals surface area contributed by atoms with E-state index in [0.717, 1.165) is 22.0 Å². The normalized spacial score (nSPS) is 14.8. The predicted octanol–water partition coefficient (Wildman–Crippen LogP) is 3.96. The van der Waals surface area contributed by atoms with E-state index in [1.165, 1.54) is 0 Å². The first-order valence-electron chi connectivity index (χ1n) is 9.27. The van der Waals surface area contributed by atoms with E-state index >= 15 is 0 Å². The molecule has 0 radical (unpaired) electrons. The highest BCUT2D eigenvalue weighted by atomic mass is 79.9. The Kier molecular flexibility index (Phi) is 6.61. The highest BCUT2D eigenvalue weighted by molar-refractivity contribution is 9.10. The van der Waals surface area contributed by atoms with Crippen molar-refractivity contribution >= 4 is 33.6 Å². The molecular weight excluding hydrogens is 406 g/mol. The van der Waals surface area contributed by atoms with Gasteiger partial charge in [-0.1, -0.05) is 34.1 Å². The second kappa shape index (κ2) is 9.13. The van der Waals surface area contributed by atoms with Gasteiger partial charge in [-0.25, -0.2) is 4.98 Å². The summed E-state index contributed by atoms with van der Waals surface area (Å²) in [5, 5.41) is 2.89. The number of benzene rings is 1. The van der Waals surface area contributed by atoms with Crippen LogP contribution in [-0.4, -0.2) is 34.8 Å². The van der Waals surface area contributed by atoms with Crippen molar-refractivity contribution in [3.05, 3.63) is 58.2 Å². The Morgan fingerprint density at radius 3 is 2.67 bits per heavy atom. The summed E-state index contributed by atoms with van der Waals surface area (Å²) in [6, 6.07) is 11.7. The second-order valence-corrected chi connectivity index (χ2v) is 7.81. The average Bonchev–Trinajstić information content (AvgIpc) is 2.67. The van der Waals surface area contributed by atoms with Gasteiger partial charge in [-0.2, -0.15) is 0 Å². The molecule has 0 atom stereocenters. The number of carbonyl (C=O) groups is 2. The zero-order chi connectivity index (χ0) is 19.2. The molecule has 6 heteroatoms. The van der Waals surface area contributed by atoms with E-state index in [0.29, 0.717) is 38.2 Å². The van der Waals surface area contributed by atoms with E-state index in [1.54, 1.807) is 6.20 Å². The molecule has 1 saturated heterocycles. The number of pyridine rings is 1. The summed E-state index contributed by atoms with van der Waals surface area (Å²) in [5.74, 6) is 0.671. The van der Waals surface area contributed by atoms with Crippen molar-refractivity contribution in [2.24, 2.45) is 5.92 Å². The third kappa shape index (κ3) is 5.39. The van der Waals surface area contributed by atoms with Gasteiger partial charge in [-0.3, -0.25) is 9.59 Å². The van der Waals surface area contributed by atoms with Gasteiger partial charge in [0, 0.05) is 36.1 Å². The number of carbonyl (C=O) groups excluding carboxylic acids is 2. The van der Waals surface area contributed by atoms with Crippen LogP contribution in [0.2, 0.25) is 0 Å². The van der Waals surface area contributed by atoms with Gasteiger partial charge in [0.05, 0.1) is 0 Å². The Bertz CT molecular complexity index is 817. The van der Waals surface area contributed by atoms with Crippen LogP contribution in [0, 0.1) is 12.8 Å². The van der Waals surface area contributed by atoms with Gasteiger partial charge in [-0.05, 0) is 55.5 Å². The van der Waals surface area contributed by atoms with Gasteiger partial charge in [0.25, 0.3) is 0 Å². The van der Waals surface area contributed by atoms with Crippen molar-refractivity contribution in [1.82, 2.24) is 9.88 Å². The molecule has 5 nitrogen and oxygen atoms in total. The van der Waals surface area contributed by atoms with E-state index in [9.17, 15) is 9.59 Å². The van der Waals surface area contributed by atoms with Crippen molar-refractivity contribution in [1.29, 1.82) is 0 Å². The number of anilines is 1. The molecule has 0 unspecified atom stereocenters. The maximum absolute atomic E-state index is 12.5. The van der Waals surface area contributed by atoms with Crippen LogP contribution in [0.1, 0.15) is 30.4 Å². The number of nitrogens with zero attached hydrogens (tertiary/aromatic N) is 2. The minimum atomic E-state index is -0.0698. The monoisotopic (exact) mass is 429 g/mol. The Morgan fingerprint density at radius 1 is 1.22 bits per heavy atom. The molecule has 0 saturated carbocycles. The van der Waals surface area contributed by atoms with E-state index < -0.39 is 0 Å². The number of amides is 2. The van der Waals surface area contributed by atoms with Crippen molar-refractivity contribution in [3.63, 3.8) is 0 Å². The second-order valence-electron chi connectivity index (χ2n) is 6.95. The van der Waals surface area contributed by atoms with Gasteiger partial charge in [0.1, 0.15) is 5.82 Å². The lowest BCUT2D eigenvalue weighted by Crippen LogP contribution is -2.41. The molecule has 1 fully saturated rings. The first-order valence-corrected chi connectivity index (χ1v) is 10.1. The largest absolute Gasteiger partial charge is 0.343 e. The number of rotatable bonds is 5. The molecule has 2 aromatic rings. The third-order valence-corrected chi connectivity index (χ3v) is 5.72. The molecule has 0 spiro atoms. The SMILES string of the molecule is Cc1ccnc(NC(=O)C2CCN(C(=O)CCc3ccccc3Br)CC2)c1. The molecule has 1 N–H and O–H groups in total. The topological polar surface area (TPSA) is 62.3 Å². The molecule has 0 bridgehead atoms. The lowest BCUT2D eigenvalue weighted by molar-refractivity contribution is -0.134. The lowest BCUT2D eigenvalue weighted by Gasteiger charge is -2.31. The lowest BCUT2D eigenvalue weighted by atomic mass is 9.95. The van der Waals surface area contributed by atoms with Crippen LogP contribution < -0.4 is 5.32 Å². The Labute approximate surface area is 168 Å². The Morgan fingerprint density at radius 2 is 1.96 bits per heavy atom.